The van der Waals surface area contributed by atoms with Gasteiger partial charge in [0.25, 0.3) is 0 Å². The number of hydrogen-bond acceptors (Lipinski definition) is 5. The Hall–Kier alpha value is -2.12. The first-order chi connectivity index (χ1) is 10.1. The number of rotatable bonds is 4. The molecule has 1 aliphatic heterocycles. The lowest BCUT2D eigenvalue weighted by Gasteiger charge is -2.22. The predicted molar refractivity (Wildman–Crippen MR) is 70.2 cm³/mol. The minimum absolute atomic E-state index is 0.276. The van der Waals surface area contributed by atoms with E-state index in [0.717, 1.165) is 6.07 Å². The summed E-state index contributed by atoms with van der Waals surface area (Å²) in [6.07, 6.45) is 2.74. The van der Waals surface area contributed by atoms with E-state index < -0.39 is 11.7 Å². The molecule has 1 fully saturated rings. The normalized spacial score (nSPS) is 17.0. The van der Waals surface area contributed by atoms with Crippen molar-refractivity contribution in [2.45, 2.75) is 19.3 Å². The number of hydrogen-bond donors (Lipinski definition) is 0. The molecule has 0 aliphatic carbocycles. The van der Waals surface area contributed by atoms with Crippen LogP contribution in [0.25, 0.3) is 0 Å². The van der Waals surface area contributed by atoms with E-state index in [0.29, 0.717) is 31.0 Å². The summed E-state index contributed by atoms with van der Waals surface area (Å²) in [7, 11) is 0. The fourth-order valence-corrected chi connectivity index (χ4v) is 2.23. The number of pyridine rings is 1. The maximum Gasteiger partial charge on any atom is 0.212 e. The van der Waals surface area contributed by atoms with Crippen molar-refractivity contribution in [3.05, 3.63) is 47.8 Å². The van der Waals surface area contributed by atoms with E-state index in [1.165, 1.54) is 23.1 Å². The first-order valence-electron chi connectivity index (χ1n) is 6.53. The molecule has 0 aromatic carbocycles. The molecular formula is C14H14FN3O3. The molecule has 2 aromatic heterocycles. The molecule has 1 aliphatic rings. The monoisotopic (exact) mass is 291 g/mol. The molecule has 0 radical (unpaired) electrons. The lowest BCUT2D eigenvalue weighted by atomic mass is 10.1. The van der Waals surface area contributed by atoms with Crippen LogP contribution in [0.1, 0.15) is 23.0 Å². The van der Waals surface area contributed by atoms with Crippen LogP contribution in [-0.4, -0.2) is 39.5 Å². The van der Waals surface area contributed by atoms with Gasteiger partial charge in [0.1, 0.15) is 5.69 Å². The molecule has 0 saturated carbocycles. The molecule has 0 N–H and O–H groups in total. The molecule has 21 heavy (non-hydrogen) atoms. The molecule has 0 spiro atoms. The molecule has 0 atom stereocenters. The van der Waals surface area contributed by atoms with Gasteiger partial charge in [0.2, 0.25) is 11.7 Å². The molecule has 6 nitrogen and oxygen atoms in total. The molecule has 7 heteroatoms. The van der Waals surface area contributed by atoms with Crippen molar-refractivity contribution in [2.24, 2.45) is 0 Å². The van der Waals surface area contributed by atoms with E-state index in [2.05, 4.69) is 10.1 Å². The topological polar surface area (TPSA) is 66.2 Å². The Balaban J connectivity index is 1.84. The summed E-state index contributed by atoms with van der Waals surface area (Å²) in [5.41, 5.74) is 0.681. The van der Waals surface area contributed by atoms with Crippen molar-refractivity contribution in [2.75, 3.05) is 13.2 Å². The Morgan fingerprint density at radius 2 is 2.14 bits per heavy atom. The zero-order valence-electron chi connectivity index (χ0n) is 11.5. The van der Waals surface area contributed by atoms with Gasteiger partial charge in [0.05, 0.1) is 19.8 Å². The Morgan fingerprint density at radius 1 is 1.38 bits per heavy atom. The Morgan fingerprint density at radius 3 is 2.81 bits per heavy atom. The second kappa shape index (κ2) is 5.34. The van der Waals surface area contributed by atoms with Gasteiger partial charge in [-0.05, 0) is 25.1 Å². The average molecular weight is 291 g/mol. The van der Waals surface area contributed by atoms with Gasteiger partial charge < -0.3 is 9.47 Å². The summed E-state index contributed by atoms with van der Waals surface area (Å²) in [5.74, 6) is -1.69. The largest absolute Gasteiger partial charge is 0.346 e. The van der Waals surface area contributed by atoms with Crippen LogP contribution >= 0.6 is 0 Å². The summed E-state index contributed by atoms with van der Waals surface area (Å²) < 4.78 is 25.4. The van der Waals surface area contributed by atoms with Crippen LogP contribution in [0.4, 0.5) is 4.39 Å². The van der Waals surface area contributed by atoms with E-state index in [4.69, 9.17) is 9.47 Å². The Kier molecular flexibility index (Phi) is 3.52. The van der Waals surface area contributed by atoms with Crippen molar-refractivity contribution in [1.29, 1.82) is 0 Å². The summed E-state index contributed by atoms with van der Waals surface area (Å²) in [6, 6.07) is 4.15. The van der Waals surface area contributed by atoms with Crippen LogP contribution in [0.2, 0.25) is 0 Å². The number of carbonyl (C=O) groups is 1. The second-order valence-electron chi connectivity index (χ2n) is 4.90. The van der Waals surface area contributed by atoms with Gasteiger partial charge in [-0.1, -0.05) is 0 Å². The van der Waals surface area contributed by atoms with Gasteiger partial charge >= 0.3 is 0 Å². The number of nitrogens with zero attached hydrogens (tertiary/aromatic N) is 3. The van der Waals surface area contributed by atoms with Crippen LogP contribution in [0.15, 0.2) is 30.6 Å². The lowest BCUT2D eigenvalue weighted by Crippen LogP contribution is -2.33. The third-order valence-electron chi connectivity index (χ3n) is 3.27. The molecule has 3 heterocycles. The standard InChI is InChI=1S/C14H14FN3O3/c1-14(20-6-7-21-14)9-18-11(4-5-17-18)13(19)10-2-3-12(15)16-8-10/h2-5,8H,6-7,9H2,1H3. The minimum atomic E-state index is -0.790. The van der Waals surface area contributed by atoms with E-state index in [1.807, 2.05) is 0 Å². The Labute approximate surface area is 120 Å². The number of ketones is 1. The maximum atomic E-state index is 12.8. The fourth-order valence-electron chi connectivity index (χ4n) is 2.23. The van der Waals surface area contributed by atoms with Crippen LogP contribution in [0, 0.1) is 5.95 Å². The zero-order valence-corrected chi connectivity index (χ0v) is 11.5. The highest BCUT2D eigenvalue weighted by Gasteiger charge is 2.33. The molecule has 0 bridgehead atoms. The predicted octanol–water partition coefficient (Wildman–Crippen LogP) is 1.41. The van der Waals surface area contributed by atoms with Gasteiger partial charge in [-0.2, -0.15) is 9.49 Å². The zero-order chi connectivity index (χ0) is 14.9. The van der Waals surface area contributed by atoms with Crippen molar-refractivity contribution < 1.29 is 18.7 Å². The van der Waals surface area contributed by atoms with Gasteiger partial charge in [-0.3, -0.25) is 9.48 Å². The maximum absolute atomic E-state index is 12.8. The fraction of sp³-hybridized carbons (Fsp3) is 0.357. The first kappa shape index (κ1) is 13.8. The van der Waals surface area contributed by atoms with Crippen LogP contribution in [-0.2, 0) is 16.0 Å². The first-order valence-corrected chi connectivity index (χ1v) is 6.53. The summed E-state index contributed by atoms with van der Waals surface area (Å²) >= 11 is 0. The summed E-state index contributed by atoms with van der Waals surface area (Å²) in [5, 5.41) is 4.13. The number of ether oxygens (including phenoxy) is 2. The van der Waals surface area contributed by atoms with Crippen molar-refractivity contribution >= 4 is 5.78 Å². The van der Waals surface area contributed by atoms with E-state index in [9.17, 15) is 9.18 Å². The van der Waals surface area contributed by atoms with Crippen molar-refractivity contribution in [3.8, 4) is 0 Å². The molecule has 0 amide bonds. The number of aromatic nitrogens is 3. The highest BCUT2D eigenvalue weighted by Crippen LogP contribution is 2.21. The molecule has 2 aromatic rings. The van der Waals surface area contributed by atoms with E-state index in [-0.39, 0.29) is 5.78 Å². The second-order valence-corrected chi connectivity index (χ2v) is 4.90. The highest BCUT2D eigenvalue weighted by molar-refractivity contribution is 6.07. The third-order valence-corrected chi connectivity index (χ3v) is 3.27. The molecule has 1 saturated heterocycles. The van der Waals surface area contributed by atoms with Crippen LogP contribution in [0.5, 0.6) is 0 Å². The van der Waals surface area contributed by atoms with Crippen LogP contribution in [0.3, 0.4) is 0 Å². The quantitative estimate of drug-likeness (QED) is 0.629. The molecule has 110 valence electrons. The third kappa shape index (κ3) is 2.84. The van der Waals surface area contributed by atoms with Gasteiger partial charge in [0.15, 0.2) is 5.79 Å². The van der Waals surface area contributed by atoms with E-state index in [1.54, 1.807) is 13.0 Å². The van der Waals surface area contributed by atoms with Gasteiger partial charge in [0, 0.05) is 18.0 Å². The number of halogens is 1. The molecule has 3 rings (SSSR count). The van der Waals surface area contributed by atoms with E-state index >= 15 is 0 Å². The highest BCUT2D eigenvalue weighted by atomic mass is 19.1. The summed E-state index contributed by atoms with van der Waals surface area (Å²) in [6.45, 7) is 3.14. The number of carbonyl (C=O) groups excluding carboxylic acids is 1. The molecule has 0 unspecified atom stereocenters. The Bertz CT molecular complexity index is 648. The minimum Gasteiger partial charge on any atom is -0.346 e. The average Bonchev–Trinajstić information content (AvgIpc) is 3.08. The smallest absolute Gasteiger partial charge is 0.212 e. The lowest BCUT2D eigenvalue weighted by molar-refractivity contribution is -0.153. The van der Waals surface area contributed by atoms with Crippen molar-refractivity contribution in [1.82, 2.24) is 14.8 Å². The SMILES string of the molecule is CC1(Cn2nccc2C(=O)c2ccc(F)nc2)OCCO1. The molecular weight excluding hydrogens is 277 g/mol. The van der Waals surface area contributed by atoms with Gasteiger partial charge in [-0.15, -0.1) is 0 Å². The summed E-state index contributed by atoms with van der Waals surface area (Å²) in [4.78, 5) is 15.9. The van der Waals surface area contributed by atoms with Gasteiger partial charge in [-0.25, -0.2) is 4.98 Å². The van der Waals surface area contributed by atoms with Crippen LogP contribution < -0.4 is 0 Å². The van der Waals surface area contributed by atoms with Crippen molar-refractivity contribution in [3.63, 3.8) is 0 Å².